The van der Waals surface area contributed by atoms with Gasteiger partial charge < -0.3 is 24.3 Å². The molecule has 2 aliphatic heterocycles. The zero-order valence-electron chi connectivity index (χ0n) is 18.5. The summed E-state index contributed by atoms with van der Waals surface area (Å²) in [6.07, 6.45) is 3.17. The number of carbonyl (C=O) groups excluding carboxylic acids is 2. The van der Waals surface area contributed by atoms with Crippen LogP contribution < -0.4 is 10.7 Å². The van der Waals surface area contributed by atoms with E-state index in [2.05, 4.69) is 10.2 Å². The number of carbonyl (C=O) groups is 2. The smallest absolute Gasteiger partial charge is 0.275 e. The Morgan fingerprint density at radius 1 is 1.20 bits per heavy atom. The molecule has 9 nitrogen and oxygen atoms in total. The normalized spacial score (nSPS) is 17.7. The molecular formula is C24H22F2N4O5. The maximum absolute atomic E-state index is 13.9. The van der Waals surface area contributed by atoms with Crippen LogP contribution in [0.2, 0.25) is 0 Å². The van der Waals surface area contributed by atoms with E-state index in [1.54, 1.807) is 17.2 Å². The Hall–Kier alpha value is -3.99. The van der Waals surface area contributed by atoms with Gasteiger partial charge in [0.25, 0.3) is 11.8 Å². The summed E-state index contributed by atoms with van der Waals surface area (Å²) in [7, 11) is 0. The molecule has 0 saturated carbocycles. The maximum Gasteiger partial charge on any atom is 0.275 e. The van der Waals surface area contributed by atoms with Crippen LogP contribution in [-0.2, 0) is 19.6 Å². The number of furan rings is 1. The molecule has 3 aromatic rings. The molecule has 2 aromatic heterocycles. The predicted octanol–water partition coefficient (Wildman–Crippen LogP) is 2.04. The summed E-state index contributed by atoms with van der Waals surface area (Å²) >= 11 is 0. The van der Waals surface area contributed by atoms with E-state index in [0.717, 1.165) is 11.8 Å². The summed E-state index contributed by atoms with van der Waals surface area (Å²) in [5.41, 5.74) is -1.52. The highest BCUT2D eigenvalue weighted by Gasteiger charge is 2.40. The molecule has 11 heteroatoms. The summed E-state index contributed by atoms with van der Waals surface area (Å²) < 4.78 is 33.9. The molecule has 2 aliphatic rings. The van der Waals surface area contributed by atoms with Gasteiger partial charge in [0.15, 0.2) is 11.4 Å². The van der Waals surface area contributed by atoms with Crippen molar-refractivity contribution in [1.29, 1.82) is 0 Å². The van der Waals surface area contributed by atoms with Crippen LogP contribution in [0.5, 0.6) is 5.75 Å². The van der Waals surface area contributed by atoms with Crippen LogP contribution in [0.1, 0.15) is 38.6 Å². The van der Waals surface area contributed by atoms with E-state index in [0.29, 0.717) is 32.1 Å². The second kappa shape index (κ2) is 8.99. The van der Waals surface area contributed by atoms with Gasteiger partial charge in [0.05, 0.1) is 19.4 Å². The Kier molecular flexibility index (Phi) is 5.85. The van der Waals surface area contributed by atoms with E-state index < -0.39 is 34.6 Å². The van der Waals surface area contributed by atoms with Gasteiger partial charge in [-0.25, -0.2) is 8.78 Å². The number of nitrogens with one attached hydrogen (secondary N) is 1. The van der Waals surface area contributed by atoms with Crippen molar-refractivity contribution in [3.63, 3.8) is 0 Å². The second-order valence-corrected chi connectivity index (χ2v) is 8.52. The van der Waals surface area contributed by atoms with Crippen molar-refractivity contribution in [1.82, 2.24) is 19.7 Å². The summed E-state index contributed by atoms with van der Waals surface area (Å²) in [5.74, 6) is -3.01. The number of hydrogen-bond donors (Lipinski definition) is 2. The van der Waals surface area contributed by atoms with Crippen molar-refractivity contribution in [2.45, 2.75) is 32.2 Å². The molecular weight excluding hydrogens is 462 g/mol. The minimum atomic E-state index is -0.996. The lowest BCUT2D eigenvalue weighted by molar-refractivity contribution is -0.0165. The molecule has 1 unspecified atom stereocenters. The Labute approximate surface area is 198 Å². The van der Waals surface area contributed by atoms with Crippen LogP contribution in [0.3, 0.4) is 0 Å². The average molecular weight is 484 g/mol. The quantitative estimate of drug-likeness (QED) is 0.574. The lowest BCUT2D eigenvalue weighted by Gasteiger charge is -2.46. The molecule has 0 aliphatic carbocycles. The lowest BCUT2D eigenvalue weighted by atomic mass is 10.1. The van der Waals surface area contributed by atoms with E-state index in [1.807, 2.05) is 6.07 Å². The van der Waals surface area contributed by atoms with Crippen molar-refractivity contribution < 1.29 is 27.9 Å². The highest BCUT2D eigenvalue weighted by Crippen LogP contribution is 2.29. The zero-order chi connectivity index (χ0) is 24.7. The largest absolute Gasteiger partial charge is 0.503 e. The van der Waals surface area contributed by atoms with E-state index in [4.69, 9.17) is 4.42 Å². The standard InChI is InChI=1S/C24H22F2N4O5/c25-15-5-4-14(18(26)9-15)10-27-23(33)17-12-29-13-19-28(11-16-3-1-8-35-16)6-2-7-30(19)24(34)20(29)22(32)21(17)31/h1,3-5,8-9,12,19,32H,2,6-7,10-11,13H2,(H,27,33). The Morgan fingerprint density at radius 2 is 2.03 bits per heavy atom. The first-order chi connectivity index (χ1) is 16.8. The molecule has 5 rings (SSSR count). The average Bonchev–Trinajstić information content (AvgIpc) is 3.34. The molecule has 1 saturated heterocycles. The number of benzene rings is 1. The van der Waals surface area contributed by atoms with Crippen molar-refractivity contribution in [2.24, 2.45) is 0 Å². The minimum Gasteiger partial charge on any atom is -0.503 e. The molecule has 2 N–H and O–H groups in total. The third-order valence-electron chi connectivity index (χ3n) is 6.34. The Balaban J connectivity index is 1.42. The fraction of sp³-hybridized carbons (Fsp3) is 0.292. The van der Waals surface area contributed by atoms with Gasteiger partial charge in [-0.1, -0.05) is 6.07 Å². The van der Waals surface area contributed by atoms with Gasteiger partial charge in [-0.05, 0) is 24.6 Å². The fourth-order valence-electron chi connectivity index (χ4n) is 4.61. The molecule has 4 heterocycles. The van der Waals surface area contributed by atoms with E-state index >= 15 is 0 Å². The number of nitrogens with zero attached hydrogens (tertiary/aromatic N) is 3. The number of fused-ring (bicyclic) bond motifs is 2. The van der Waals surface area contributed by atoms with Gasteiger partial charge in [-0.15, -0.1) is 0 Å². The lowest BCUT2D eigenvalue weighted by Crippen LogP contribution is -2.60. The molecule has 35 heavy (non-hydrogen) atoms. The van der Waals surface area contributed by atoms with Crippen molar-refractivity contribution in [2.75, 3.05) is 13.1 Å². The van der Waals surface area contributed by atoms with Gasteiger partial charge in [0.1, 0.15) is 29.1 Å². The molecule has 1 atom stereocenters. The van der Waals surface area contributed by atoms with Crippen molar-refractivity contribution in [3.05, 3.63) is 87.2 Å². The van der Waals surface area contributed by atoms with Gasteiger partial charge >= 0.3 is 0 Å². The predicted molar refractivity (Wildman–Crippen MR) is 118 cm³/mol. The van der Waals surface area contributed by atoms with E-state index in [-0.39, 0.29) is 36.1 Å². The maximum atomic E-state index is 13.9. The number of aromatic nitrogens is 1. The first-order valence-corrected chi connectivity index (χ1v) is 11.1. The van der Waals surface area contributed by atoms with E-state index in [1.165, 1.54) is 16.8 Å². The summed E-state index contributed by atoms with van der Waals surface area (Å²) in [6, 6.07) is 6.56. The number of hydrogen-bond acceptors (Lipinski definition) is 6. The highest BCUT2D eigenvalue weighted by atomic mass is 19.1. The van der Waals surface area contributed by atoms with Crippen LogP contribution in [0.4, 0.5) is 8.78 Å². The fourth-order valence-corrected chi connectivity index (χ4v) is 4.61. The van der Waals surface area contributed by atoms with Gasteiger partial charge in [-0.2, -0.15) is 0 Å². The zero-order valence-corrected chi connectivity index (χ0v) is 18.5. The van der Waals surface area contributed by atoms with Crippen LogP contribution in [-0.4, -0.2) is 50.5 Å². The summed E-state index contributed by atoms with van der Waals surface area (Å²) in [6.45, 7) is 1.59. The highest BCUT2D eigenvalue weighted by molar-refractivity contribution is 5.99. The van der Waals surface area contributed by atoms with Gasteiger partial charge in [0.2, 0.25) is 5.43 Å². The first-order valence-electron chi connectivity index (χ1n) is 11.1. The number of pyridine rings is 1. The molecule has 0 bridgehead atoms. The van der Waals surface area contributed by atoms with Gasteiger partial charge in [-0.3, -0.25) is 19.3 Å². The topological polar surface area (TPSA) is 108 Å². The molecule has 0 radical (unpaired) electrons. The minimum absolute atomic E-state index is 0.0311. The van der Waals surface area contributed by atoms with E-state index in [9.17, 15) is 28.3 Å². The molecule has 182 valence electrons. The van der Waals surface area contributed by atoms with Crippen LogP contribution in [0, 0.1) is 11.6 Å². The first kappa shape index (κ1) is 22.8. The summed E-state index contributed by atoms with van der Waals surface area (Å²) in [5, 5.41) is 13.0. The SMILES string of the molecule is O=C(NCc1ccc(F)cc1F)c1cn2c(c(O)c1=O)C(=O)N1CCCN(Cc3ccco3)C1C2. The molecule has 1 fully saturated rings. The van der Waals surface area contributed by atoms with Crippen LogP contribution in [0.25, 0.3) is 0 Å². The molecule has 0 spiro atoms. The number of rotatable bonds is 5. The third kappa shape index (κ3) is 4.18. The number of aromatic hydroxyl groups is 1. The number of amides is 2. The molecule has 2 amide bonds. The number of halogens is 2. The Bertz CT molecular complexity index is 1350. The second-order valence-electron chi connectivity index (χ2n) is 8.52. The monoisotopic (exact) mass is 484 g/mol. The molecule has 1 aromatic carbocycles. The Morgan fingerprint density at radius 3 is 2.77 bits per heavy atom. The van der Waals surface area contributed by atoms with Gasteiger partial charge in [0, 0.05) is 37.5 Å². The third-order valence-corrected chi connectivity index (χ3v) is 6.34. The summed E-state index contributed by atoms with van der Waals surface area (Å²) in [4.78, 5) is 42.4. The van der Waals surface area contributed by atoms with Crippen molar-refractivity contribution in [3.8, 4) is 5.75 Å². The van der Waals surface area contributed by atoms with Crippen molar-refractivity contribution >= 4 is 11.8 Å². The van der Waals surface area contributed by atoms with Crippen LogP contribution in [0.15, 0.2) is 52.0 Å². The van der Waals surface area contributed by atoms with Crippen LogP contribution >= 0.6 is 0 Å².